The molecule has 0 unspecified atom stereocenters. The number of nitrogens with zero attached hydrogens (tertiary/aromatic N) is 2. The fourth-order valence-corrected chi connectivity index (χ4v) is 2.53. The molecule has 0 atom stereocenters. The Morgan fingerprint density at radius 3 is 2.82 bits per heavy atom. The minimum Gasteiger partial charge on any atom is -0.491 e. The molecule has 0 amide bonds. The van der Waals surface area contributed by atoms with E-state index in [-0.39, 0.29) is 0 Å². The summed E-state index contributed by atoms with van der Waals surface area (Å²) in [6.07, 6.45) is 0.790. The number of aldehydes is 1. The highest BCUT2D eigenvalue weighted by atomic mass is 16.5. The van der Waals surface area contributed by atoms with Gasteiger partial charge in [0.15, 0.2) is 12.1 Å². The second kappa shape index (κ2) is 6.02. The second-order valence-corrected chi connectivity index (χ2v) is 5.35. The van der Waals surface area contributed by atoms with Crippen LogP contribution < -0.4 is 4.74 Å². The molecule has 3 rings (SSSR count). The molecule has 3 aromatic rings. The van der Waals surface area contributed by atoms with Crippen molar-refractivity contribution in [3.63, 3.8) is 0 Å². The van der Waals surface area contributed by atoms with Gasteiger partial charge in [0.05, 0.1) is 17.6 Å². The fraction of sp³-hybridized carbons (Fsp3) is 0.222. The van der Waals surface area contributed by atoms with Gasteiger partial charge in [-0.05, 0) is 43.2 Å². The van der Waals surface area contributed by atoms with Gasteiger partial charge in [-0.15, -0.1) is 0 Å². The third-order valence-corrected chi connectivity index (χ3v) is 3.71. The van der Waals surface area contributed by atoms with E-state index in [4.69, 9.17) is 4.74 Å². The molecule has 0 aliphatic carbocycles. The standard InChI is InChI=1S/C18H18N2O2/c1-13-7-8-14(2)17(11-13)22-10-9-20-16-6-4-3-5-15(16)19-18(20)12-21/h3-8,11-12H,9-10H2,1-2H3. The SMILES string of the molecule is Cc1ccc(C)c(OCCn2c(C=O)nc3ccccc32)c1. The zero-order valence-corrected chi connectivity index (χ0v) is 12.7. The summed E-state index contributed by atoms with van der Waals surface area (Å²) in [5, 5.41) is 0. The zero-order valence-electron chi connectivity index (χ0n) is 12.7. The Kier molecular flexibility index (Phi) is 3.92. The van der Waals surface area contributed by atoms with E-state index in [1.807, 2.05) is 54.8 Å². The van der Waals surface area contributed by atoms with Crippen LogP contribution in [-0.4, -0.2) is 22.4 Å². The normalized spacial score (nSPS) is 10.8. The smallest absolute Gasteiger partial charge is 0.185 e. The maximum Gasteiger partial charge on any atom is 0.185 e. The number of fused-ring (bicyclic) bond motifs is 1. The number of hydrogen-bond acceptors (Lipinski definition) is 3. The summed E-state index contributed by atoms with van der Waals surface area (Å²) in [5.41, 5.74) is 4.06. The summed E-state index contributed by atoms with van der Waals surface area (Å²) in [4.78, 5) is 15.5. The Morgan fingerprint density at radius 2 is 2.00 bits per heavy atom. The first-order valence-corrected chi connectivity index (χ1v) is 7.29. The van der Waals surface area contributed by atoms with Crippen molar-refractivity contribution in [1.29, 1.82) is 0 Å². The van der Waals surface area contributed by atoms with Crippen molar-refractivity contribution < 1.29 is 9.53 Å². The summed E-state index contributed by atoms with van der Waals surface area (Å²) >= 11 is 0. The van der Waals surface area contributed by atoms with Crippen molar-refractivity contribution in [2.45, 2.75) is 20.4 Å². The molecular formula is C18H18N2O2. The number of benzene rings is 2. The second-order valence-electron chi connectivity index (χ2n) is 5.35. The average Bonchev–Trinajstić information content (AvgIpc) is 2.89. The topological polar surface area (TPSA) is 44.1 Å². The van der Waals surface area contributed by atoms with Crippen molar-refractivity contribution in [1.82, 2.24) is 9.55 Å². The first-order valence-electron chi connectivity index (χ1n) is 7.29. The van der Waals surface area contributed by atoms with Crippen molar-refractivity contribution >= 4 is 17.3 Å². The molecule has 4 heteroatoms. The van der Waals surface area contributed by atoms with Crippen LogP contribution in [0.2, 0.25) is 0 Å². The summed E-state index contributed by atoms with van der Waals surface area (Å²) < 4.78 is 7.77. The van der Waals surface area contributed by atoms with Gasteiger partial charge in [0.1, 0.15) is 12.4 Å². The number of rotatable bonds is 5. The third kappa shape index (κ3) is 2.72. The van der Waals surface area contributed by atoms with Crippen LogP contribution >= 0.6 is 0 Å². The number of aromatic nitrogens is 2. The lowest BCUT2D eigenvalue weighted by Gasteiger charge is -2.11. The number of carbonyl (C=O) groups is 1. The van der Waals surface area contributed by atoms with Gasteiger partial charge < -0.3 is 9.30 Å². The molecule has 2 aromatic carbocycles. The first-order chi connectivity index (χ1) is 10.7. The van der Waals surface area contributed by atoms with Crippen LogP contribution in [0.1, 0.15) is 21.7 Å². The predicted molar refractivity (Wildman–Crippen MR) is 86.5 cm³/mol. The lowest BCUT2D eigenvalue weighted by Crippen LogP contribution is -2.11. The van der Waals surface area contributed by atoms with E-state index in [0.29, 0.717) is 19.0 Å². The van der Waals surface area contributed by atoms with E-state index in [1.54, 1.807) is 0 Å². The van der Waals surface area contributed by atoms with E-state index in [1.165, 1.54) is 5.56 Å². The van der Waals surface area contributed by atoms with E-state index < -0.39 is 0 Å². The Bertz CT molecular complexity index is 821. The van der Waals surface area contributed by atoms with Gasteiger partial charge in [-0.1, -0.05) is 24.3 Å². The summed E-state index contributed by atoms with van der Waals surface area (Å²) in [6.45, 7) is 5.14. The average molecular weight is 294 g/mol. The number of imidazole rings is 1. The maximum absolute atomic E-state index is 11.2. The molecule has 0 bridgehead atoms. The van der Waals surface area contributed by atoms with Crippen LogP contribution in [-0.2, 0) is 6.54 Å². The Labute approximate surface area is 129 Å². The van der Waals surface area contributed by atoms with Gasteiger partial charge in [-0.3, -0.25) is 4.79 Å². The predicted octanol–water partition coefficient (Wildman–Crippen LogP) is 3.54. The molecule has 0 spiro atoms. The maximum atomic E-state index is 11.2. The molecule has 22 heavy (non-hydrogen) atoms. The Morgan fingerprint density at radius 1 is 1.18 bits per heavy atom. The van der Waals surface area contributed by atoms with Crippen molar-refractivity contribution in [2.75, 3.05) is 6.61 Å². The van der Waals surface area contributed by atoms with Gasteiger partial charge in [-0.25, -0.2) is 4.98 Å². The highest BCUT2D eigenvalue weighted by Crippen LogP contribution is 2.20. The van der Waals surface area contributed by atoms with Gasteiger partial charge in [-0.2, -0.15) is 0 Å². The quantitative estimate of drug-likeness (QED) is 0.676. The minimum atomic E-state index is 0.436. The molecule has 0 aliphatic heterocycles. The van der Waals surface area contributed by atoms with Crippen molar-refractivity contribution in [3.05, 3.63) is 59.4 Å². The molecule has 0 saturated carbocycles. The molecule has 1 heterocycles. The summed E-state index contributed by atoms with van der Waals surface area (Å²) in [7, 11) is 0. The first kappa shape index (κ1) is 14.3. The van der Waals surface area contributed by atoms with E-state index >= 15 is 0 Å². The fourth-order valence-electron chi connectivity index (χ4n) is 2.53. The lowest BCUT2D eigenvalue weighted by atomic mass is 10.1. The van der Waals surface area contributed by atoms with Gasteiger partial charge in [0, 0.05) is 0 Å². The van der Waals surface area contributed by atoms with Crippen LogP contribution in [0.15, 0.2) is 42.5 Å². The number of aryl methyl sites for hydroxylation is 2. The number of ether oxygens (including phenoxy) is 1. The monoisotopic (exact) mass is 294 g/mol. The van der Waals surface area contributed by atoms with Gasteiger partial charge in [0.2, 0.25) is 0 Å². The molecule has 0 saturated heterocycles. The minimum absolute atomic E-state index is 0.436. The highest BCUT2D eigenvalue weighted by molar-refractivity contribution is 5.82. The zero-order chi connectivity index (χ0) is 15.5. The van der Waals surface area contributed by atoms with Crippen LogP contribution in [0.3, 0.4) is 0 Å². The number of para-hydroxylation sites is 2. The largest absolute Gasteiger partial charge is 0.491 e. The Hall–Kier alpha value is -2.62. The lowest BCUT2D eigenvalue weighted by molar-refractivity contribution is 0.111. The molecular weight excluding hydrogens is 276 g/mol. The van der Waals surface area contributed by atoms with Crippen molar-refractivity contribution in [3.8, 4) is 5.75 Å². The number of hydrogen-bond donors (Lipinski definition) is 0. The number of carbonyl (C=O) groups excluding carboxylic acids is 1. The molecule has 0 aliphatic rings. The molecule has 0 N–H and O–H groups in total. The highest BCUT2D eigenvalue weighted by Gasteiger charge is 2.09. The van der Waals surface area contributed by atoms with Crippen molar-refractivity contribution in [2.24, 2.45) is 0 Å². The van der Waals surface area contributed by atoms with Crippen LogP contribution in [0, 0.1) is 13.8 Å². The van der Waals surface area contributed by atoms with E-state index in [2.05, 4.69) is 11.1 Å². The van der Waals surface area contributed by atoms with Crippen LogP contribution in [0.25, 0.3) is 11.0 Å². The van der Waals surface area contributed by atoms with E-state index in [9.17, 15) is 4.79 Å². The van der Waals surface area contributed by atoms with Crippen LogP contribution in [0.4, 0.5) is 0 Å². The molecule has 1 aromatic heterocycles. The molecule has 0 fully saturated rings. The Balaban J connectivity index is 1.79. The molecule has 112 valence electrons. The van der Waals surface area contributed by atoms with Gasteiger partial charge in [0.25, 0.3) is 0 Å². The summed E-state index contributed by atoms with van der Waals surface area (Å²) in [6, 6.07) is 13.9. The van der Waals surface area contributed by atoms with Crippen LogP contribution in [0.5, 0.6) is 5.75 Å². The third-order valence-electron chi connectivity index (χ3n) is 3.71. The van der Waals surface area contributed by atoms with Gasteiger partial charge >= 0.3 is 0 Å². The molecule has 0 radical (unpaired) electrons. The summed E-state index contributed by atoms with van der Waals surface area (Å²) in [5.74, 6) is 1.32. The van der Waals surface area contributed by atoms with E-state index in [0.717, 1.165) is 28.6 Å². The molecule has 4 nitrogen and oxygen atoms in total.